The van der Waals surface area contributed by atoms with Crippen LogP contribution in [0.15, 0.2) is 54.6 Å². The molecule has 0 amide bonds. The molecule has 0 aliphatic carbocycles. The second-order valence-electron chi connectivity index (χ2n) is 5.91. The number of carbonyl (C=O) groups excluding carboxylic acids is 2. The van der Waals surface area contributed by atoms with Crippen molar-refractivity contribution in [2.24, 2.45) is 0 Å². The zero-order valence-corrected chi connectivity index (χ0v) is 15.0. The fraction of sp³-hybridized carbons (Fsp3) is 0.300. The molecule has 0 aliphatic heterocycles. The quantitative estimate of drug-likeness (QED) is 0.400. The Labute approximate surface area is 160 Å². The molecule has 28 heavy (non-hydrogen) atoms. The Balaban J connectivity index is 1.63. The SMILES string of the molecule is O=C(CCNCc1ccc(OCCc2ccccc2)cc1)OC(=O)C(F)(F)F. The fourth-order valence-electron chi connectivity index (χ4n) is 2.27. The summed E-state index contributed by atoms with van der Waals surface area (Å²) in [7, 11) is 0. The number of carbonyl (C=O) groups is 2. The number of esters is 2. The van der Waals surface area contributed by atoms with Crippen molar-refractivity contribution in [2.75, 3.05) is 13.2 Å². The summed E-state index contributed by atoms with van der Waals surface area (Å²) >= 11 is 0. The van der Waals surface area contributed by atoms with Crippen molar-refractivity contribution in [1.82, 2.24) is 5.32 Å². The van der Waals surface area contributed by atoms with Gasteiger partial charge in [-0.3, -0.25) is 4.79 Å². The third-order valence-corrected chi connectivity index (χ3v) is 3.70. The van der Waals surface area contributed by atoms with E-state index in [1.807, 2.05) is 54.6 Å². The zero-order valence-electron chi connectivity index (χ0n) is 15.0. The average Bonchev–Trinajstić information content (AvgIpc) is 2.66. The predicted octanol–water partition coefficient (Wildman–Crippen LogP) is 3.42. The van der Waals surface area contributed by atoms with Gasteiger partial charge in [-0.05, 0) is 23.3 Å². The Bertz CT molecular complexity index is 761. The fourth-order valence-corrected chi connectivity index (χ4v) is 2.27. The summed E-state index contributed by atoms with van der Waals surface area (Å²) in [5.41, 5.74) is 2.11. The van der Waals surface area contributed by atoms with Gasteiger partial charge in [-0.2, -0.15) is 13.2 Å². The van der Waals surface area contributed by atoms with Crippen LogP contribution in [0.25, 0.3) is 0 Å². The van der Waals surface area contributed by atoms with Gasteiger partial charge >= 0.3 is 18.1 Å². The Morgan fingerprint density at radius 1 is 0.929 bits per heavy atom. The molecule has 0 atom stereocenters. The first-order valence-electron chi connectivity index (χ1n) is 8.63. The van der Waals surface area contributed by atoms with Crippen LogP contribution >= 0.6 is 0 Å². The van der Waals surface area contributed by atoms with Crippen LogP contribution in [-0.4, -0.2) is 31.3 Å². The number of halogens is 3. The highest BCUT2D eigenvalue weighted by atomic mass is 19.4. The number of alkyl halides is 3. The van der Waals surface area contributed by atoms with Gasteiger partial charge in [-0.1, -0.05) is 42.5 Å². The van der Waals surface area contributed by atoms with Crippen molar-refractivity contribution in [2.45, 2.75) is 25.6 Å². The summed E-state index contributed by atoms with van der Waals surface area (Å²) in [4.78, 5) is 21.7. The van der Waals surface area contributed by atoms with E-state index in [0.29, 0.717) is 13.2 Å². The van der Waals surface area contributed by atoms with Gasteiger partial charge in [-0.15, -0.1) is 0 Å². The lowest BCUT2D eigenvalue weighted by molar-refractivity contribution is -0.201. The van der Waals surface area contributed by atoms with Crippen LogP contribution in [0.2, 0.25) is 0 Å². The summed E-state index contributed by atoms with van der Waals surface area (Å²) in [6, 6.07) is 17.3. The molecule has 0 radical (unpaired) electrons. The Morgan fingerprint density at radius 3 is 2.25 bits per heavy atom. The standard InChI is InChI=1S/C20H20F3NO4/c21-20(22,23)19(26)28-18(25)10-12-24-14-16-6-8-17(9-7-16)27-13-11-15-4-2-1-3-5-15/h1-9,24H,10-14H2. The van der Waals surface area contributed by atoms with E-state index in [-0.39, 0.29) is 13.0 Å². The van der Waals surface area contributed by atoms with Crippen LogP contribution in [0.4, 0.5) is 13.2 Å². The Kier molecular flexibility index (Phi) is 8.01. The van der Waals surface area contributed by atoms with Gasteiger partial charge in [0, 0.05) is 19.5 Å². The number of hydrogen-bond acceptors (Lipinski definition) is 5. The Hall–Kier alpha value is -2.87. The minimum absolute atomic E-state index is 0.0826. The highest BCUT2D eigenvalue weighted by Crippen LogP contribution is 2.16. The van der Waals surface area contributed by atoms with Crippen LogP contribution in [0.1, 0.15) is 17.5 Å². The van der Waals surface area contributed by atoms with E-state index in [4.69, 9.17) is 4.74 Å². The number of hydrogen-bond donors (Lipinski definition) is 1. The van der Waals surface area contributed by atoms with E-state index in [1.165, 1.54) is 5.56 Å². The molecule has 2 aromatic rings. The minimum atomic E-state index is -5.17. The average molecular weight is 395 g/mol. The maximum atomic E-state index is 12.0. The number of rotatable bonds is 9. The van der Waals surface area contributed by atoms with Gasteiger partial charge in [0.15, 0.2) is 0 Å². The van der Waals surface area contributed by atoms with Gasteiger partial charge in [0.25, 0.3) is 0 Å². The third kappa shape index (κ3) is 7.79. The smallest absolute Gasteiger partial charge is 0.491 e. The first-order chi connectivity index (χ1) is 13.3. The van der Waals surface area contributed by atoms with Crippen molar-refractivity contribution in [1.29, 1.82) is 0 Å². The summed E-state index contributed by atoms with van der Waals surface area (Å²) in [6.45, 7) is 1.05. The van der Waals surface area contributed by atoms with Crippen molar-refractivity contribution in [3.05, 3.63) is 65.7 Å². The topological polar surface area (TPSA) is 64.6 Å². The van der Waals surface area contributed by atoms with Crippen LogP contribution in [-0.2, 0) is 27.3 Å². The molecule has 1 N–H and O–H groups in total. The first-order valence-corrected chi connectivity index (χ1v) is 8.63. The van der Waals surface area contributed by atoms with Crippen LogP contribution in [0, 0.1) is 0 Å². The van der Waals surface area contributed by atoms with Crippen molar-refractivity contribution in [3.63, 3.8) is 0 Å². The molecule has 2 aromatic carbocycles. The number of benzene rings is 2. The van der Waals surface area contributed by atoms with E-state index >= 15 is 0 Å². The van der Waals surface area contributed by atoms with E-state index in [0.717, 1.165) is 17.7 Å². The van der Waals surface area contributed by atoms with Crippen molar-refractivity contribution in [3.8, 4) is 5.75 Å². The molecule has 0 aliphatic rings. The molecular weight excluding hydrogens is 375 g/mol. The molecule has 0 spiro atoms. The molecule has 0 fully saturated rings. The van der Waals surface area contributed by atoms with E-state index in [1.54, 1.807) is 0 Å². The largest absolute Gasteiger partial charge is 0.493 e. The normalized spacial score (nSPS) is 11.1. The van der Waals surface area contributed by atoms with Crippen LogP contribution < -0.4 is 10.1 Å². The van der Waals surface area contributed by atoms with Crippen molar-refractivity contribution < 1.29 is 32.2 Å². The lowest BCUT2D eigenvalue weighted by atomic mass is 10.2. The molecule has 0 bridgehead atoms. The summed E-state index contributed by atoms with van der Waals surface area (Å²) in [5, 5.41) is 2.89. The second kappa shape index (κ2) is 10.5. The highest BCUT2D eigenvalue weighted by Gasteiger charge is 2.42. The minimum Gasteiger partial charge on any atom is -0.493 e. The molecule has 0 aromatic heterocycles. The highest BCUT2D eigenvalue weighted by molar-refractivity contribution is 5.88. The van der Waals surface area contributed by atoms with E-state index in [2.05, 4.69) is 10.1 Å². The molecule has 0 heterocycles. The molecule has 0 saturated heterocycles. The van der Waals surface area contributed by atoms with Gasteiger partial charge in [-0.25, -0.2) is 4.79 Å². The van der Waals surface area contributed by atoms with Crippen molar-refractivity contribution >= 4 is 11.9 Å². The molecule has 8 heteroatoms. The van der Waals surface area contributed by atoms with Gasteiger partial charge in [0.2, 0.25) is 0 Å². The monoisotopic (exact) mass is 395 g/mol. The maximum Gasteiger partial charge on any atom is 0.491 e. The number of ether oxygens (including phenoxy) is 2. The predicted molar refractivity (Wildman–Crippen MR) is 95.6 cm³/mol. The van der Waals surface area contributed by atoms with Crippen LogP contribution in [0.5, 0.6) is 5.75 Å². The zero-order chi connectivity index (χ0) is 20.4. The van der Waals surface area contributed by atoms with Gasteiger partial charge < -0.3 is 14.8 Å². The lowest BCUT2D eigenvalue weighted by Crippen LogP contribution is -2.29. The van der Waals surface area contributed by atoms with Gasteiger partial charge in [0.1, 0.15) is 5.75 Å². The maximum absolute atomic E-state index is 12.0. The van der Waals surface area contributed by atoms with Gasteiger partial charge in [0.05, 0.1) is 13.0 Å². The summed E-state index contributed by atoms with van der Waals surface area (Å²) in [6.07, 6.45) is -4.71. The summed E-state index contributed by atoms with van der Waals surface area (Å²) in [5.74, 6) is -2.99. The Morgan fingerprint density at radius 2 is 1.61 bits per heavy atom. The number of nitrogens with one attached hydrogen (secondary N) is 1. The first kappa shape index (κ1) is 21.4. The lowest BCUT2D eigenvalue weighted by Gasteiger charge is -2.09. The molecular formula is C20H20F3NO4. The second-order valence-corrected chi connectivity index (χ2v) is 5.91. The molecule has 0 unspecified atom stereocenters. The van der Waals surface area contributed by atoms with E-state index < -0.39 is 18.1 Å². The molecule has 5 nitrogen and oxygen atoms in total. The third-order valence-electron chi connectivity index (χ3n) is 3.70. The van der Waals surface area contributed by atoms with Crippen LogP contribution in [0.3, 0.4) is 0 Å². The molecule has 2 rings (SSSR count). The molecule has 0 saturated carbocycles. The van der Waals surface area contributed by atoms with E-state index in [9.17, 15) is 22.8 Å². The summed E-state index contributed by atoms with van der Waals surface area (Å²) < 4.78 is 45.3. The molecule has 150 valence electrons.